The monoisotopic (exact) mass is 259 g/mol. The van der Waals surface area contributed by atoms with Crippen LogP contribution in [0.2, 0.25) is 0 Å². The zero-order valence-corrected chi connectivity index (χ0v) is 11.1. The van der Waals surface area contributed by atoms with E-state index in [0.29, 0.717) is 0 Å². The molecule has 2 heterocycles. The van der Waals surface area contributed by atoms with E-state index in [0.717, 1.165) is 23.9 Å². The van der Waals surface area contributed by atoms with Gasteiger partial charge in [0.25, 0.3) is 0 Å². The molecule has 0 saturated heterocycles. The minimum atomic E-state index is 0.220. The molecule has 2 aliphatic carbocycles. The lowest BCUT2D eigenvalue weighted by atomic mass is 9.94. The fraction of sp³-hybridized carbons (Fsp3) is 0.500. The zero-order valence-electron chi connectivity index (χ0n) is 10.3. The number of rotatable bonds is 2. The van der Waals surface area contributed by atoms with Crippen LogP contribution in [0.5, 0.6) is 0 Å². The van der Waals surface area contributed by atoms with Crippen molar-refractivity contribution in [3.8, 4) is 5.13 Å². The van der Waals surface area contributed by atoms with Crippen LogP contribution < -0.4 is 5.73 Å². The summed E-state index contributed by atoms with van der Waals surface area (Å²) in [6.45, 7) is 0. The highest BCUT2D eigenvalue weighted by Crippen LogP contribution is 2.41. The van der Waals surface area contributed by atoms with Gasteiger partial charge < -0.3 is 5.73 Å². The summed E-state index contributed by atoms with van der Waals surface area (Å²) < 4.78 is 2.25. The van der Waals surface area contributed by atoms with Crippen LogP contribution in [0.1, 0.15) is 54.6 Å². The fourth-order valence-corrected chi connectivity index (χ4v) is 3.77. The van der Waals surface area contributed by atoms with E-state index in [4.69, 9.17) is 10.7 Å². The Bertz CT molecular complexity index is 580. The van der Waals surface area contributed by atoms with E-state index in [9.17, 15) is 0 Å². The molecule has 3 nitrogen and oxygen atoms in total. The molecule has 1 unspecified atom stereocenters. The average Bonchev–Trinajstić information content (AvgIpc) is 2.95. The third kappa shape index (κ3) is 1.63. The second kappa shape index (κ2) is 3.93. The van der Waals surface area contributed by atoms with Gasteiger partial charge in [-0.05, 0) is 43.7 Å². The Balaban J connectivity index is 1.75. The first-order valence-corrected chi connectivity index (χ1v) is 7.62. The van der Waals surface area contributed by atoms with Gasteiger partial charge in [0, 0.05) is 29.2 Å². The largest absolute Gasteiger partial charge is 0.324 e. The van der Waals surface area contributed by atoms with E-state index < -0.39 is 0 Å². The molecular formula is C14H17N3S. The fourth-order valence-electron chi connectivity index (χ4n) is 2.86. The van der Waals surface area contributed by atoms with Crippen LogP contribution in [0.25, 0.3) is 5.13 Å². The van der Waals surface area contributed by atoms with Gasteiger partial charge in [0.15, 0.2) is 5.13 Å². The number of hydrogen-bond acceptors (Lipinski definition) is 3. The van der Waals surface area contributed by atoms with Gasteiger partial charge in [-0.15, -0.1) is 11.3 Å². The number of nitrogens with two attached hydrogens (primary N) is 1. The molecule has 94 valence electrons. The van der Waals surface area contributed by atoms with Crippen molar-refractivity contribution in [3.05, 3.63) is 34.6 Å². The standard InChI is InChI=1S/C14H17N3S/c15-11-2-1-3-13-10(11)6-7-17(13)14-16-12(8-18-14)9-4-5-9/h6-9,11H,1-5,15H2. The van der Waals surface area contributed by atoms with Gasteiger partial charge in [0.05, 0.1) is 5.69 Å². The van der Waals surface area contributed by atoms with Crippen molar-refractivity contribution in [1.82, 2.24) is 9.55 Å². The van der Waals surface area contributed by atoms with Crippen LogP contribution in [-0.2, 0) is 6.42 Å². The highest BCUT2D eigenvalue weighted by atomic mass is 32.1. The molecule has 1 saturated carbocycles. The lowest BCUT2D eigenvalue weighted by Gasteiger charge is -2.20. The van der Waals surface area contributed by atoms with Crippen molar-refractivity contribution in [2.75, 3.05) is 0 Å². The molecule has 2 aliphatic rings. The molecule has 18 heavy (non-hydrogen) atoms. The Morgan fingerprint density at radius 1 is 1.33 bits per heavy atom. The minimum absolute atomic E-state index is 0.220. The summed E-state index contributed by atoms with van der Waals surface area (Å²) in [6, 6.07) is 2.40. The molecule has 4 heteroatoms. The Hall–Kier alpha value is -1.13. The van der Waals surface area contributed by atoms with Gasteiger partial charge in [-0.3, -0.25) is 4.57 Å². The molecule has 0 aliphatic heterocycles. The maximum atomic E-state index is 6.17. The second-order valence-corrected chi connectivity index (χ2v) is 6.25. The van der Waals surface area contributed by atoms with Crippen LogP contribution in [0.4, 0.5) is 0 Å². The first kappa shape index (κ1) is 10.8. The van der Waals surface area contributed by atoms with Crippen molar-refractivity contribution >= 4 is 11.3 Å². The summed E-state index contributed by atoms with van der Waals surface area (Å²) in [5, 5.41) is 3.34. The molecule has 0 radical (unpaired) electrons. The van der Waals surface area contributed by atoms with E-state index in [1.165, 1.54) is 36.2 Å². The molecule has 0 spiro atoms. The van der Waals surface area contributed by atoms with Crippen LogP contribution in [0.15, 0.2) is 17.6 Å². The van der Waals surface area contributed by atoms with Crippen LogP contribution in [0, 0.1) is 0 Å². The Morgan fingerprint density at radius 3 is 3.06 bits per heavy atom. The summed E-state index contributed by atoms with van der Waals surface area (Å²) in [4.78, 5) is 4.79. The number of hydrogen-bond donors (Lipinski definition) is 1. The van der Waals surface area contributed by atoms with E-state index >= 15 is 0 Å². The van der Waals surface area contributed by atoms with Crippen LogP contribution in [0.3, 0.4) is 0 Å². The number of aromatic nitrogens is 2. The highest BCUT2D eigenvalue weighted by Gasteiger charge is 2.27. The van der Waals surface area contributed by atoms with Crippen molar-refractivity contribution in [1.29, 1.82) is 0 Å². The predicted molar refractivity (Wildman–Crippen MR) is 73.3 cm³/mol. The highest BCUT2D eigenvalue weighted by molar-refractivity contribution is 7.12. The molecule has 2 aromatic rings. The van der Waals surface area contributed by atoms with Crippen molar-refractivity contribution in [2.24, 2.45) is 5.73 Å². The summed E-state index contributed by atoms with van der Waals surface area (Å²) >= 11 is 1.76. The summed E-state index contributed by atoms with van der Waals surface area (Å²) in [6.07, 6.45) is 8.22. The third-order valence-corrected chi connectivity index (χ3v) is 4.93. The number of nitrogens with zero attached hydrogens (tertiary/aromatic N) is 2. The van der Waals surface area contributed by atoms with Gasteiger partial charge >= 0.3 is 0 Å². The van der Waals surface area contributed by atoms with E-state index in [2.05, 4.69) is 22.2 Å². The normalized spacial score (nSPS) is 23.1. The molecule has 0 bridgehead atoms. The first-order valence-electron chi connectivity index (χ1n) is 6.74. The maximum absolute atomic E-state index is 6.17. The SMILES string of the molecule is NC1CCCc2c1ccn2-c1nc(C2CC2)cs1. The molecular weight excluding hydrogens is 242 g/mol. The average molecular weight is 259 g/mol. The van der Waals surface area contributed by atoms with E-state index in [-0.39, 0.29) is 6.04 Å². The van der Waals surface area contributed by atoms with Gasteiger partial charge in [0.2, 0.25) is 0 Å². The molecule has 2 N–H and O–H groups in total. The Morgan fingerprint density at radius 2 is 2.22 bits per heavy atom. The number of thiazole rings is 1. The summed E-state index contributed by atoms with van der Waals surface area (Å²) in [7, 11) is 0. The van der Waals surface area contributed by atoms with Crippen LogP contribution >= 0.6 is 11.3 Å². The van der Waals surface area contributed by atoms with Gasteiger partial charge in [-0.25, -0.2) is 4.98 Å². The molecule has 1 atom stereocenters. The molecule has 0 amide bonds. The maximum Gasteiger partial charge on any atom is 0.193 e. The smallest absolute Gasteiger partial charge is 0.193 e. The number of fused-ring (bicyclic) bond motifs is 1. The minimum Gasteiger partial charge on any atom is -0.324 e. The molecule has 2 aromatic heterocycles. The van der Waals surface area contributed by atoms with Crippen LogP contribution in [-0.4, -0.2) is 9.55 Å². The predicted octanol–water partition coefficient (Wildman–Crippen LogP) is 3.15. The topological polar surface area (TPSA) is 43.8 Å². The summed E-state index contributed by atoms with van der Waals surface area (Å²) in [5.74, 6) is 0.739. The van der Waals surface area contributed by atoms with Crippen molar-refractivity contribution in [2.45, 2.75) is 44.1 Å². The van der Waals surface area contributed by atoms with E-state index in [1.54, 1.807) is 11.3 Å². The second-order valence-electron chi connectivity index (χ2n) is 5.42. The first-order chi connectivity index (χ1) is 8.83. The zero-order chi connectivity index (χ0) is 12.1. The Labute approximate surface area is 111 Å². The Kier molecular flexibility index (Phi) is 2.35. The van der Waals surface area contributed by atoms with Crippen molar-refractivity contribution in [3.63, 3.8) is 0 Å². The molecule has 4 rings (SSSR count). The summed E-state index contributed by atoms with van der Waals surface area (Å²) in [5.41, 5.74) is 10.2. The van der Waals surface area contributed by atoms with Crippen molar-refractivity contribution < 1.29 is 0 Å². The third-order valence-electron chi connectivity index (χ3n) is 4.07. The van der Waals surface area contributed by atoms with Gasteiger partial charge in [0.1, 0.15) is 0 Å². The van der Waals surface area contributed by atoms with E-state index in [1.807, 2.05) is 0 Å². The molecule has 1 fully saturated rings. The lowest BCUT2D eigenvalue weighted by molar-refractivity contribution is 0.560. The van der Waals surface area contributed by atoms with Gasteiger partial charge in [-0.2, -0.15) is 0 Å². The lowest BCUT2D eigenvalue weighted by Crippen LogP contribution is -2.17. The van der Waals surface area contributed by atoms with Gasteiger partial charge in [-0.1, -0.05) is 0 Å². The molecule has 0 aromatic carbocycles. The quantitative estimate of drug-likeness (QED) is 0.900.